The van der Waals surface area contributed by atoms with Gasteiger partial charge in [-0.2, -0.15) is 5.10 Å². The molecule has 1 atom stereocenters. The summed E-state index contributed by atoms with van der Waals surface area (Å²) in [5, 5.41) is 8.87. The molecule has 5 rings (SSSR count). The molecule has 0 aromatic carbocycles. The number of hydrogen-bond acceptors (Lipinski definition) is 5. The maximum absolute atomic E-state index is 12.2. The number of carbonyl (C=O) groups is 1. The monoisotopic (exact) mass is 354 g/mol. The molecule has 3 heterocycles. The van der Waals surface area contributed by atoms with Crippen molar-refractivity contribution >= 4 is 22.8 Å². The van der Waals surface area contributed by atoms with E-state index in [1.54, 1.807) is 0 Å². The summed E-state index contributed by atoms with van der Waals surface area (Å²) in [5.74, 6) is 2.97. The van der Waals surface area contributed by atoms with Crippen molar-refractivity contribution in [2.75, 3.05) is 18.4 Å². The number of nitrogens with zero attached hydrogens (tertiary/aromatic N) is 5. The van der Waals surface area contributed by atoms with Gasteiger partial charge in [-0.05, 0) is 25.7 Å². The van der Waals surface area contributed by atoms with Gasteiger partial charge in [-0.1, -0.05) is 12.8 Å². The fourth-order valence-electron chi connectivity index (χ4n) is 4.47. The van der Waals surface area contributed by atoms with Gasteiger partial charge in [-0.15, -0.1) is 0 Å². The first-order valence-corrected chi connectivity index (χ1v) is 9.92. The van der Waals surface area contributed by atoms with Gasteiger partial charge in [0.25, 0.3) is 0 Å². The predicted octanol–water partition coefficient (Wildman–Crippen LogP) is 2.44. The van der Waals surface area contributed by atoms with Crippen molar-refractivity contribution in [1.29, 1.82) is 0 Å². The first kappa shape index (κ1) is 16.0. The highest BCUT2D eigenvalue weighted by Gasteiger charge is 2.39. The highest BCUT2D eigenvalue weighted by molar-refractivity contribution is 5.86. The summed E-state index contributed by atoms with van der Waals surface area (Å²) in [5.41, 5.74) is 0.895. The Hall–Kier alpha value is -2.18. The lowest BCUT2D eigenvalue weighted by Gasteiger charge is -2.16. The van der Waals surface area contributed by atoms with E-state index in [0.717, 1.165) is 35.8 Å². The summed E-state index contributed by atoms with van der Waals surface area (Å²) in [6.45, 7) is 1.66. The van der Waals surface area contributed by atoms with Crippen LogP contribution >= 0.6 is 0 Å². The quantitative estimate of drug-likeness (QED) is 0.892. The summed E-state index contributed by atoms with van der Waals surface area (Å²) in [7, 11) is 1.93. The van der Waals surface area contributed by atoms with E-state index in [-0.39, 0.29) is 0 Å². The van der Waals surface area contributed by atoms with Gasteiger partial charge < -0.3 is 10.2 Å². The Kier molecular flexibility index (Phi) is 3.83. The maximum atomic E-state index is 12.2. The zero-order chi connectivity index (χ0) is 17.7. The van der Waals surface area contributed by atoms with Crippen molar-refractivity contribution in [3.05, 3.63) is 12.0 Å². The Morgan fingerprint density at radius 1 is 1.19 bits per heavy atom. The number of aryl methyl sites for hydroxylation is 1. The van der Waals surface area contributed by atoms with Gasteiger partial charge in [0.15, 0.2) is 5.65 Å². The molecule has 0 bridgehead atoms. The van der Waals surface area contributed by atoms with Crippen LogP contribution in [0.4, 0.5) is 5.82 Å². The summed E-state index contributed by atoms with van der Waals surface area (Å²) in [4.78, 5) is 23.9. The minimum absolute atomic E-state index is 0.320. The Morgan fingerprint density at radius 3 is 2.77 bits per heavy atom. The lowest BCUT2D eigenvalue weighted by molar-refractivity contribution is -0.128. The number of anilines is 1. The van der Waals surface area contributed by atoms with Gasteiger partial charge >= 0.3 is 0 Å². The second kappa shape index (κ2) is 6.21. The second-order valence-electron chi connectivity index (χ2n) is 8.15. The zero-order valence-electron chi connectivity index (χ0n) is 15.3. The molecule has 1 saturated heterocycles. The Balaban J connectivity index is 1.36. The Bertz CT molecular complexity index is 836. The van der Waals surface area contributed by atoms with Crippen LogP contribution in [0.15, 0.2) is 6.20 Å². The molecular weight excluding hydrogens is 328 g/mol. The molecule has 26 heavy (non-hydrogen) atoms. The summed E-state index contributed by atoms with van der Waals surface area (Å²) in [6, 6.07) is 0.519. The lowest BCUT2D eigenvalue weighted by atomic mass is 10.1. The van der Waals surface area contributed by atoms with Crippen LogP contribution in [0.5, 0.6) is 0 Å². The second-order valence-corrected chi connectivity index (χ2v) is 8.15. The number of hydrogen-bond donors (Lipinski definition) is 1. The van der Waals surface area contributed by atoms with E-state index >= 15 is 0 Å². The van der Waals surface area contributed by atoms with Crippen LogP contribution in [-0.2, 0) is 11.8 Å². The van der Waals surface area contributed by atoms with Crippen LogP contribution in [0.25, 0.3) is 11.0 Å². The van der Waals surface area contributed by atoms with Gasteiger partial charge in [0.2, 0.25) is 5.91 Å². The first-order chi connectivity index (χ1) is 12.7. The van der Waals surface area contributed by atoms with Crippen LogP contribution in [0, 0.1) is 5.92 Å². The number of aromatic nitrogens is 4. The van der Waals surface area contributed by atoms with E-state index in [9.17, 15) is 4.79 Å². The molecule has 2 aromatic rings. The van der Waals surface area contributed by atoms with E-state index in [4.69, 9.17) is 9.97 Å². The number of nitrogens with one attached hydrogen (secondary N) is 1. The molecule has 2 aliphatic carbocycles. The van der Waals surface area contributed by atoms with E-state index in [0.29, 0.717) is 30.2 Å². The van der Waals surface area contributed by atoms with Crippen molar-refractivity contribution in [3.8, 4) is 0 Å². The molecule has 2 saturated carbocycles. The molecular formula is C19H26N6O. The standard InChI is InChI=1S/C19H26N6O/c1-24-19-15(10-21-24)18(22-17(23-19)13-4-2-3-5-13)20-9-12-8-16(26)25(11-12)14-6-7-14/h10,12-14H,2-9,11H2,1H3,(H,20,22,23)/t12-/m0/s1. The molecule has 7 nitrogen and oxygen atoms in total. The number of fused-ring (bicyclic) bond motifs is 1. The molecule has 3 fully saturated rings. The topological polar surface area (TPSA) is 75.9 Å². The van der Waals surface area contributed by atoms with Crippen LogP contribution < -0.4 is 5.32 Å². The van der Waals surface area contributed by atoms with Crippen molar-refractivity contribution in [1.82, 2.24) is 24.6 Å². The normalized spacial score (nSPS) is 24.1. The number of carbonyl (C=O) groups excluding carboxylic acids is 1. The Labute approximate surface area is 153 Å². The van der Waals surface area contributed by atoms with Crippen LogP contribution in [0.2, 0.25) is 0 Å². The number of rotatable bonds is 5. The summed E-state index contributed by atoms with van der Waals surface area (Å²) in [6.07, 6.45) is 9.74. The fraction of sp³-hybridized carbons (Fsp3) is 0.684. The van der Waals surface area contributed by atoms with Gasteiger partial charge in [0.05, 0.1) is 11.6 Å². The average molecular weight is 354 g/mol. The molecule has 1 aliphatic heterocycles. The smallest absolute Gasteiger partial charge is 0.223 e. The molecule has 0 radical (unpaired) electrons. The van der Waals surface area contributed by atoms with E-state index in [1.807, 2.05) is 17.9 Å². The third-order valence-electron chi connectivity index (χ3n) is 6.11. The van der Waals surface area contributed by atoms with Gasteiger partial charge in [0, 0.05) is 44.4 Å². The SMILES string of the molecule is Cn1ncc2c(NC[C@@H]3CC(=O)N(C4CC4)C3)nc(C3CCCC3)nc21. The predicted molar refractivity (Wildman–Crippen MR) is 98.8 cm³/mol. The van der Waals surface area contributed by atoms with E-state index in [2.05, 4.69) is 15.3 Å². The van der Waals surface area contributed by atoms with Gasteiger partial charge in [-0.25, -0.2) is 9.97 Å². The third kappa shape index (κ3) is 2.83. The third-order valence-corrected chi connectivity index (χ3v) is 6.11. The zero-order valence-corrected chi connectivity index (χ0v) is 15.3. The van der Waals surface area contributed by atoms with Gasteiger partial charge in [-0.3, -0.25) is 9.48 Å². The lowest BCUT2D eigenvalue weighted by Crippen LogP contribution is -2.28. The van der Waals surface area contributed by atoms with Crippen molar-refractivity contribution in [2.24, 2.45) is 13.0 Å². The minimum atomic E-state index is 0.320. The highest BCUT2D eigenvalue weighted by atomic mass is 16.2. The molecule has 1 amide bonds. The van der Waals surface area contributed by atoms with E-state index in [1.165, 1.54) is 38.5 Å². The van der Waals surface area contributed by atoms with Crippen LogP contribution in [0.3, 0.4) is 0 Å². The maximum Gasteiger partial charge on any atom is 0.223 e. The number of amides is 1. The summed E-state index contributed by atoms with van der Waals surface area (Å²) >= 11 is 0. The Morgan fingerprint density at radius 2 is 2.00 bits per heavy atom. The average Bonchev–Trinajstić information content (AvgIpc) is 3.04. The van der Waals surface area contributed by atoms with E-state index < -0.39 is 0 Å². The molecule has 138 valence electrons. The van der Waals surface area contributed by atoms with Gasteiger partial charge in [0.1, 0.15) is 11.6 Å². The van der Waals surface area contributed by atoms with Crippen molar-refractivity contribution in [3.63, 3.8) is 0 Å². The van der Waals surface area contributed by atoms with Crippen LogP contribution in [-0.4, -0.2) is 49.7 Å². The number of likely N-dealkylation sites (tertiary alicyclic amines) is 1. The fourth-order valence-corrected chi connectivity index (χ4v) is 4.47. The molecule has 1 N–H and O–H groups in total. The highest BCUT2D eigenvalue weighted by Crippen LogP contribution is 2.35. The van der Waals surface area contributed by atoms with Crippen molar-refractivity contribution < 1.29 is 4.79 Å². The minimum Gasteiger partial charge on any atom is -0.369 e. The molecule has 0 unspecified atom stereocenters. The first-order valence-electron chi connectivity index (χ1n) is 9.92. The summed E-state index contributed by atoms with van der Waals surface area (Å²) < 4.78 is 1.83. The van der Waals surface area contributed by atoms with Crippen molar-refractivity contribution in [2.45, 2.75) is 56.9 Å². The molecule has 2 aromatic heterocycles. The molecule has 3 aliphatic rings. The molecule has 0 spiro atoms. The van der Waals surface area contributed by atoms with Crippen LogP contribution in [0.1, 0.15) is 56.7 Å². The molecule has 7 heteroatoms. The largest absolute Gasteiger partial charge is 0.369 e.